The van der Waals surface area contributed by atoms with Gasteiger partial charge in [-0.15, -0.1) is 0 Å². The highest BCUT2D eigenvalue weighted by Crippen LogP contribution is 2.00. The summed E-state index contributed by atoms with van der Waals surface area (Å²) < 4.78 is 0. The monoisotopic (exact) mass is 374 g/mol. The number of aliphatic carboxylic acids is 1. The number of hydrogen-bond acceptors (Lipinski definition) is 7. The van der Waals surface area contributed by atoms with Gasteiger partial charge in [-0.25, -0.2) is 4.79 Å². The van der Waals surface area contributed by atoms with Crippen LogP contribution in [-0.2, 0) is 24.0 Å². The predicted octanol–water partition coefficient (Wildman–Crippen LogP) is -3.88. The first-order valence-corrected chi connectivity index (χ1v) is 7.98. The van der Waals surface area contributed by atoms with Crippen LogP contribution in [0, 0.1) is 0 Å². The maximum absolute atomic E-state index is 12.0. The van der Waals surface area contributed by atoms with Crippen LogP contribution in [0.3, 0.4) is 0 Å². The molecule has 0 fully saturated rings. The molecule has 0 heterocycles. The molecule has 0 aliphatic heterocycles. The number of unbranched alkanes of at least 4 members (excludes halogenated alkanes) is 1. The van der Waals surface area contributed by atoms with Crippen molar-refractivity contribution in [3.8, 4) is 0 Å². The molecule has 0 aromatic carbocycles. The summed E-state index contributed by atoms with van der Waals surface area (Å²) in [5.41, 5.74) is 15.5. The summed E-state index contributed by atoms with van der Waals surface area (Å²) in [5, 5.41) is 15.7. The number of amides is 4. The van der Waals surface area contributed by atoms with Crippen molar-refractivity contribution >= 4 is 29.6 Å². The molecule has 0 rings (SSSR count). The molecule has 10 N–H and O–H groups in total. The number of carboxylic acids is 1. The number of hydrogen-bond donors (Lipinski definition) is 7. The normalized spacial score (nSPS) is 12.5. The van der Waals surface area contributed by atoms with Gasteiger partial charge in [0.05, 0.1) is 19.5 Å². The second-order valence-electron chi connectivity index (χ2n) is 5.46. The lowest BCUT2D eigenvalue weighted by molar-refractivity contribution is -0.142. The van der Waals surface area contributed by atoms with Crippen molar-refractivity contribution in [1.82, 2.24) is 16.0 Å². The number of nitrogens with two attached hydrogens (primary N) is 3. The zero-order valence-corrected chi connectivity index (χ0v) is 14.3. The van der Waals surface area contributed by atoms with Gasteiger partial charge in [0.2, 0.25) is 23.6 Å². The Balaban J connectivity index is 4.58. The fourth-order valence-corrected chi connectivity index (χ4v) is 1.95. The number of rotatable bonds is 13. The van der Waals surface area contributed by atoms with Crippen molar-refractivity contribution in [2.75, 3.05) is 19.6 Å². The minimum absolute atomic E-state index is 0.197. The van der Waals surface area contributed by atoms with E-state index >= 15 is 0 Å². The third kappa shape index (κ3) is 10.2. The Morgan fingerprint density at radius 1 is 0.923 bits per heavy atom. The molecule has 0 spiro atoms. The van der Waals surface area contributed by atoms with Crippen LogP contribution in [0.2, 0.25) is 0 Å². The number of carbonyl (C=O) groups excluding carboxylic acids is 4. The van der Waals surface area contributed by atoms with Gasteiger partial charge in [-0.05, 0) is 25.8 Å². The SMILES string of the molecule is NCCCCC(NC(=O)CNC(=O)C(CC(N)=O)NC(=O)CN)C(=O)O. The number of primary amides is 1. The van der Waals surface area contributed by atoms with Crippen LogP contribution in [0.5, 0.6) is 0 Å². The maximum Gasteiger partial charge on any atom is 0.326 e. The zero-order valence-electron chi connectivity index (χ0n) is 14.3. The van der Waals surface area contributed by atoms with Crippen LogP contribution in [0.1, 0.15) is 25.7 Å². The topological polar surface area (TPSA) is 220 Å². The molecule has 26 heavy (non-hydrogen) atoms. The standard InChI is InChI=1S/C14H26N6O6/c15-4-2-1-3-8(14(25)26)19-12(23)7-18-13(24)9(5-10(17)21)20-11(22)6-16/h8-9H,1-7,15-16H2,(H2,17,21)(H,18,24)(H,19,23)(H,20,22)(H,25,26). The van der Waals surface area contributed by atoms with Crippen LogP contribution in [0.15, 0.2) is 0 Å². The van der Waals surface area contributed by atoms with E-state index in [0.717, 1.165) is 0 Å². The Morgan fingerprint density at radius 2 is 1.54 bits per heavy atom. The highest BCUT2D eigenvalue weighted by molar-refractivity contribution is 5.94. The molecule has 148 valence electrons. The molecule has 2 unspecified atom stereocenters. The average molecular weight is 374 g/mol. The highest BCUT2D eigenvalue weighted by Gasteiger charge is 2.24. The smallest absolute Gasteiger partial charge is 0.326 e. The molecule has 12 heteroatoms. The Morgan fingerprint density at radius 3 is 2.04 bits per heavy atom. The van der Waals surface area contributed by atoms with E-state index in [9.17, 15) is 24.0 Å². The van der Waals surface area contributed by atoms with E-state index in [4.69, 9.17) is 22.3 Å². The molecule has 0 aliphatic rings. The van der Waals surface area contributed by atoms with Crippen LogP contribution < -0.4 is 33.2 Å². The molecular weight excluding hydrogens is 348 g/mol. The molecule has 0 aliphatic carbocycles. The van der Waals surface area contributed by atoms with Gasteiger partial charge in [0, 0.05) is 0 Å². The third-order valence-electron chi connectivity index (χ3n) is 3.25. The van der Waals surface area contributed by atoms with Crippen molar-refractivity contribution in [3.05, 3.63) is 0 Å². The Hall–Kier alpha value is -2.73. The summed E-state index contributed by atoms with van der Waals surface area (Å²) in [6.45, 7) is -0.522. The van der Waals surface area contributed by atoms with E-state index in [0.29, 0.717) is 19.4 Å². The summed E-state index contributed by atoms with van der Waals surface area (Å²) in [7, 11) is 0. The zero-order chi connectivity index (χ0) is 20.1. The summed E-state index contributed by atoms with van der Waals surface area (Å²) in [5.74, 6) is -4.28. The molecule has 4 amide bonds. The lowest BCUT2D eigenvalue weighted by Crippen LogP contribution is -2.52. The minimum atomic E-state index is -1.28. The van der Waals surface area contributed by atoms with Crippen molar-refractivity contribution in [3.63, 3.8) is 0 Å². The number of carboxylic acid groups (broad SMARTS) is 1. The van der Waals surface area contributed by atoms with Crippen molar-refractivity contribution in [2.45, 2.75) is 37.8 Å². The van der Waals surface area contributed by atoms with Crippen molar-refractivity contribution in [2.24, 2.45) is 17.2 Å². The van der Waals surface area contributed by atoms with E-state index in [1.165, 1.54) is 0 Å². The second kappa shape index (κ2) is 12.6. The van der Waals surface area contributed by atoms with Crippen molar-refractivity contribution < 1.29 is 29.1 Å². The van der Waals surface area contributed by atoms with E-state index in [-0.39, 0.29) is 6.42 Å². The molecule has 12 nitrogen and oxygen atoms in total. The Kier molecular flexibility index (Phi) is 11.3. The molecular formula is C14H26N6O6. The van der Waals surface area contributed by atoms with Gasteiger partial charge in [0.15, 0.2) is 0 Å². The predicted molar refractivity (Wildman–Crippen MR) is 90.3 cm³/mol. The summed E-state index contributed by atoms with van der Waals surface area (Å²) in [6, 6.07) is -2.39. The van der Waals surface area contributed by atoms with E-state index in [1.54, 1.807) is 0 Å². The molecule has 2 atom stereocenters. The van der Waals surface area contributed by atoms with Gasteiger partial charge < -0.3 is 38.3 Å². The van der Waals surface area contributed by atoms with Crippen LogP contribution >= 0.6 is 0 Å². The van der Waals surface area contributed by atoms with Gasteiger partial charge in [0.25, 0.3) is 0 Å². The van der Waals surface area contributed by atoms with Crippen LogP contribution in [0.4, 0.5) is 0 Å². The fraction of sp³-hybridized carbons (Fsp3) is 0.643. The first kappa shape index (κ1) is 23.3. The molecule has 0 aromatic rings. The molecule has 0 bridgehead atoms. The Bertz CT molecular complexity index is 526. The summed E-state index contributed by atoms with van der Waals surface area (Å²) in [4.78, 5) is 57.1. The molecule has 0 saturated heterocycles. The van der Waals surface area contributed by atoms with E-state index < -0.39 is 61.2 Å². The average Bonchev–Trinajstić information content (AvgIpc) is 2.57. The maximum atomic E-state index is 12.0. The third-order valence-corrected chi connectivity index (χ3v) is 3.25. The van der Waals surface area contributed by atoms with Gasteiger partial charge in [-0.3, -0.25) is 19.2 Å². The lowest BCUT2D eigenvalue weighted by atomic mass is 10.1. The van der Waals surface area contributed by atoms with Crippen molar-refractivity contribution in [1.29, 1.82) is 0 Å². The van der Waals surface area contributed by atoms with Gasteiger partial charge in [-0.1, -0.05) is 0 Å². The first-order valence-electron chi connectivity index (χ1n) is 7.98. The second-order valence-corrected chi connectivity index (χ2v) is 5.46. The summed E-state index contributed by atoms with van der Waals surface area (Å²) >= 11 is 0. The minimum Gasteiger partial charge on any atom is -0.480 e. The molecule has 0 saturated carbocycles. The Labute approximate surface area is 150 Å². The van der Waals surface area contributed by atoms with Crippen LogP contribution in [-0.4, -0.2) is 66.4 Å². The molecule has 0 aromatic heterocycles. The van der Waals surface area contributed by atoms with E-state index in [1.807, 2.05) is 0 Å². The van der Waals surface area contributed by atoms with E-state index in [2.05, 4.69) is 16.0 Å². The summed E-state index contributed by atoms with van der Waals surface area (Å²) in [6.07, 6.45) is 0.858. The largest absolute Gasteiger partial charge is 0.480 e. The number of nitrogens with one attached hydrogen (secondary N) is 3. The quantitative estimate of drug-likeness (QED) is 0.158. The van der Waals surface area contributed by atoms with Gasteiger partial charge in [-0.2, -0.15) is 0 Å². The highest BCUT2D eigenvalue weighted by atomic mass is 16.4. The van der Waals surface area contributed by atoms with Crippen LogP contribution in [0.25, 0.3) is 0 Å². The van der Waals surface area contributed by atoms with Gasteiger partial charge in [0.1, 0.15) is 12.1 Å². The first-order chi connectivity index (χ1) is 12.2. The number of carbonyl (C=O) groups is 5. The molecule has 0 radical (unpaired) electrons. The van der Waals surface area contributed by atoms with Gasteiger partial charge >= 0.3 is 5.97 Å². The fourth-order valence-electron chi connectivity index (χ4n) is 1.95. The lowest BCUT2D eigenvalue weighted by Gasteiger charge is -2.18.